The van der Waals surface area contributed by atoms with Gasteiger partial charge in [-0.05, 0) is 36.8 Å². The number of nitrogens with one attached hydrogen (secondary N) is 1. The highest BCUT2D eigenvalue weighted by atomic mass is 35.5. The number of nitrogens with zero attached hydrogens (tertiary/aromatic N) is 1. The molecule has 0 bridgehead atoms. The number of halogens is 1. The van der Waals surface area contributed by atoms with Crippen LogP contribution in [0.3, 0.4) is 0 Å². The largest absolute Gasteiger partial charge is 0.282 e. The van der Waals surface area contributed by atoms with Crippen LogP contribution in [0.25, 0.3) is 22.4 Å². The quantitative estimate of drug-likeness (QED) is 0.776. The zero-order valence-corrected chi connectivity index (χ0v) is 14.2. The number of hydrogen-bond donors (Lipinski definition) is 1. The lowest BCUT2D eigenvalue weighted by Crippen LogP contribution is -1.96. The molecule has 23 heavy (non-hydrogen) atoms. The Hall–Kier alpha value is -2.11. The minimum atomic E-state index is -3.21. The smallest absolute Gasteiger partial charge is 0.175 e. The molecule has 0 amide bonds. The van der Waals surface area contributed by atoms with Crippen LogP contribution in [0.1, 0.15) is 5.69 Å². The van der Waals surface area contributed by atoms with Crippen molar-refractivity contribution in [1.82, 2.24) is 10.2 Å². The molecule has 0 atom stereocenters. The number of aromatic nitrogens is 2. The fourth-order valence-electron chi connectivity index (χ4n) is 2.47. The molecule has 4 nitrogen and oxygen atoms in total. The topological polar surface area (TPSA) is 62.8 Å². The van der Waals surface area contributed by atoms with Gasteiger partial charge in [0.1, 0.15) is 5.69 Å². The third-order valence-electron chi connectivity index (χ3n) is 3.64. The first-order valence-electron chi connectivity index (χ1n) is 6.97. The van der Waals surface area contributed by atoms with Crippen molar-refractivity contribution in [2.75, 3.05) is 6.26 Å². The molecule has 1 N–H and O–H groups in total. The minimum Gasteiger partial charge on any atom is -0.282 e. The van der Waals surface area contributed by atoms with Gasteiger partial charge in [-0.3, -0.25) is 5.10 Å². The number of aromatic amines is 1. The third-order valence-corrected chi connectivity index (χ3v) is 5.02. The van der Waals surface area contributed by atoms with Gasteiger partial charge in [0.15, 0.2) is 9.84 Å². The zero-order chi connectivity index (χ0) is 16.6. The Balaban J connectivity index is 2.10. The Morgan fingerprint density at radius 2 is 1.52 bits per heavy atom. The molecule has 6 heteroatoms. The standard InChI is InChI=1S/C17H15ClN2O2S/c1-11-16(12-3-7-14(18)8-4-12)17(20-19-11)13-5-9-15(10-6-13)23(2,21)22/h3-10H,1-2H3,(H,19,20). The summed E-state index contributed by atoms with van der Waals surface area (Å²) in [6.07, 6.45) is 1.19. The summed E-state index contributed by atoms with van der Waals surface area (Å²) in [4.78, 5) is 0.293. The van der Waals surface area contributed by atoms with E-state index in [9.17, 15) is 8.42 Å². The first-order valence-corrected chi connectivity index (χ1v) is 9.24. The maximum absolute atomic E-state index is 11.6. The van der Waals surface area contributed by atoms with Gasteiger partial charge in [0.05, 0.1) is 4.90 Å². The molecule has 1 heterocycles. The van der Waals surface area contributed by atoms with Crippen LogP contribution in [0.4, 0.5) is 0 Å². The summed E-state index contributed by atoms with van der Waals surface area (Å²) in [6.45, 7) is 1.95. The van der Waals surface area contributed by atoms with Gasteiger partial charge in [0.2, 0.25) is 0 Å². The number of rotatable bonds is 3. The average Bonchev–Trinajstić information content (AvgIpc) is 2.89. The number of aryl methyl sites for hydroxylation is 1. The van der Waals surface area contributed by atoms with Crippen LogP contribution in [0.15, 0.2) is 53.4 Å². The van der Waals surface area contributed by atoms with Crippen molar-refractivity contribution in [3.63, 3.8) is 0 Å². The van der Waals surface area contributed by atoms with E-state index in [1.54, 1.807) is 24.3 Å². The van der Waals surface area contributed by atoms with E-state index >= 15 is 0 Å². The Kier molecular flexibility index (Phi) is 4.00. The highest BCUT2D eigenvalue weighted by Gasteiger charge is 2.15. The first kappa shape index (κ1) is 15.8. The Labute approximate surface area is 140 Å². The van der Waals surface area contributed by atoms with E-state index in [-0.39, 0.29) is 0 Å². The fraction of sp³-hybridized carbons (Fsp3) is 0.118. The molecule has 0 saturated heterocycles. The average molecular weight is 347 g/mol. The maximum atomic E-state index is 11.6. The first-order chi connectivity index (χ1) is 10.9. The lowest BCUT2D eigenvalue weighted by molar-refractivity contribution is 0.602. The summed E-state index contributed by atoms with van der Waals surface area (Å²) in [5, 5.41) is 8.04. The van der Waals surface area contributed by atoms with E-state index in [1.165, 1.54) is 6.26 Å². The van der Waals surface area contributed by atoms with Gasteiger partial charge in [-0.1, -0.05) is 35.9 Å². The molecule has 1 aromatic heterocycles. The summed E-state index contributed by atoms with van der Waals surface area (Å²) in [5.74, 6) is 0. The van der Waals surface area contributed by atoms with E-state index < -0.39 is 9.84 Å². The highest BCUT2D eigenvalue weighted by molar-refractivity contribution is 7.90. The van der Waals surface area contributed by atoms with E-state index in [0.29, 0.717) is 9.92 Å². The van der Waals surface area contributed by atoms with Crippen molar-refractivity contribution >= 4 is 21.4 Å². The fourth-order valence-corrected chi connectivity index (χ4v) is 3.22. The molecule has 0 saturated carbocycles. The van der Waals surface area contributed by atoms with Gasteiger partial charge in [-0.2, -0.15) is 5.10 Å². The van der Waals surface area contributed by atoms with Crippen molar-refractivity contribution in [3.8, 4) is 22.4 Å². The summed E-state index contributed by atoms with van der Waals surface area (Å²) in [6, 6.07) is 14.3. The van der Waals surface area contributed by atoms with Crippen LogP contribution in [0, 0.1) is 6.92 Å². The van der Waals surface area contributed by atoms with Gasteiger partial charge >= 0.3 is 0 Å². The van der Waals surface area contributed by atoms with E-state index in [0.717, 1.165) is 28.1 Å². The molecule has 0 aliphatic carbocycles. The maximum Gasteiger partial charge on any atom is 0.175 e. The van der Waals surface area contributed by atoms with Crippen LogP contribution < -0.4 is 0 Å². The van der Waals surface area contributed by atoms with E-state index in [4.69, 9.17) is 11.6 Å². The number of sulfone groups is 1. The molecule has 3 rings (SSSR count). The highest BCUT2D eigenvalue weighted by Crippen LogP contribution is 2.33. The SMILES string of the molecule is Cc1[nH]nc(-c2ccc(S(C)(=O)=O)cc2)c1-c1ccc(Cl)cc1. The predicted octanol–water partition coefficient (Wildman–Crippen LogP) is 4.11. The Morgan fingerprint density at radius 1 is 0.957 bits per heavy atom. The van der Waals surface area contributed by atoms with Crippen LogP contribution in [0.5, 0.6) is 0 Å². The van der Waals surface area contributed by atoms with Crippen molar-refractivity contribution in [2.45, 2.75) is 11.8 Å². The van der Waals surface area contributed by atoms with Gasteiger partial charge in [0, 0.05) is 28.1 Å². The summed E-state index contributed by atoms with van der Waals surface area (Å²) >= 11 is 5.95. The third kappa shape index (κ3) is 3.16. The van der Waals surface area contributed by atoms with Crippen LogP contribution in [-0.4, -0.2) is 24.9 Å². The lowest BCUT2D eigenvalue weighted by Gasteiger charge is -2.06. The minimum absolute atomic E-state index is 0.293. The van der Waals surface area contributed by atoms with Crippen LogP contribution in [-0.2, 0) is 9.84 Å². The predicted molar refractivity (Wildman–Crippen MR) is 92.3 cm³/mol. The van der Waals surface area contributed by atoms with Crippen molar-refractivity contribution in [3.05, 3.63) is 59.2 Å². The van der Waals surface area contributed by atoms with Crippen LogP contribution >= 0.6 is 11.6 Å². The molecular weight excluding hydrogens is 332 g/mol. The molecule has 0 aliphatic heterocycles. The molecule has 3 aromatic rings. The van der Waals surface area contributed by atoms with Gasteiger partial charge in [-0.15, -0.1) is 0 Å². The molecule has 0 spiro atoms. The zero-order valence-electron chi connectivity index (χ0n) is 12.7. The second-order valence-electron chi connectivity index (χ2n) is 5.38. The van der Waals surface area contributed by atoms with Gasteiger partial charge in [-0.25, -0.2) is 8.42 Å². The number of benzene rings is 2. The second-order valence-corrected chi connectivity index (χ2v) is 7.83. The molecule has 0 radical (unpaired) electrons. The molecule has 0 aliphatic rings. The molecule has 0 fully saturated rings. The summed E-state index contributed by atoms with van der Waals surface area (Å²) < 4.78 is 23.1. The van der Waals surface area contributed by atoms with Gasteiger partial charge < -0.3 is 0 Å². The van der Waals surface area contributed by atoms with E-state index in [2.05, 4.69) is 10.2 Å². The van der Waals surface area contributed by atoms with Gasteiger partial charge in [0.25, 0.3) is 0 Å². The molecule has 118 valence electrons. The monoisotopic (exact) mass is 346 g/mol. The molecule has 0 unspecified atom stereocenters. The molecular formula is C17H15ClN2O2S. The normalized spacial score (nSPS) is 11.6. The van der Waals surface area contributed by atoms with E-state index in [1.807, 2.05) is 31.2 Å². The van der Waals surface area contributed by atoms with Crippen molar-refractivity contribution < 1.29 is 8.42 Å². The Bertz CT molecular complexity index is 943. The van der Waals surface area contributed by atoms with Crippen molar-refractivity contribution in [1.29, 1.82) is 0 Å². The summed E-state index contributed by atoms with van der Waals surface area (Å²) in [5.41, 5.74) is 4.56. The van der Waals surface area contributed by atoms with Crippen LogP contribution in [0.2, 0.25) is 5.02 Å². The number of H-pyrrole nitrogens is 1. The molecule has 2 aromatic carbocycles. The van der Waals surface area contributed by atoms with Crippen molar-refractivity contribution in [2.24, 2.45) is 0 Å². The number of hydrogen-bond acceptors (Lipinski definition) is 3. The Morgan fingerprint density at radius 3 is 2.09 bits per heavy atom. The second kappa shape index (κ2) is 5.83. The summed E-state index contributed by atoms with van der Waals surface area (Å²) in [7, 11) is -3.21. The lowest BCUT2D eigenvalue weighted by atomic mass is 9.99.